The second-order valence-corrected chi connectivity index (χ2v) is 10.0. The van der Waals surface area contributed by atoms with E-state index < -0.39 is 10.0 Å². The number of sulfonamides is 1. The minimum Gasteiger partial charge on any atom is -0.379 e. The van der Waals surface area contributed by atoms with E-state index in [1.54, 1.807) is 30.4 Å². The van der Waals surface area contributed by atoms with Gasteiger partial charge in [0.15, 0.2) is 0 Å². The SMILES string of the molecule is Cc1nc(C)c([C@H](C)NC(=O)c2cc(S(=O)(=O)N3CCOCC3)ccc2C)s1. The fourth-order valence-corrected chi connectivity index (χ4v) is 5.60. The Morgan fingerprint density at radius 2 is 1.93 bits per heavy atom. The van der Waals surface area contributed by atoms with Crippen molar-refractivity contribution in [2.45, 2.75) is 38.6 Å². The third-order valence-electron chi connectivity index (χ3n) is 4.74. The summed E-state index contributed by atoms with van der Waals surface area (Å²) in [7, 11) is -3.65. The highest BCUT2D eigenvalue weighted by Gasteiger charge is 2.27. The van der Waals surface area contributed by atoms with Gasteiger partial charge < -0.3 is 10.1 Å². The number of carbonyl (C=O) groups excluding carboxylic acids is 1. The largest absolute Gasteiger partial charge is 0.379 e. The van der Waals surface area contributed by atoms with Crippen LogP contribution in [0, 0.1) is 20.8 Å². The summed E-state index contributed by atoms with van der Waals surface area (Å²) in [5.41, 5.74) is 1.98. The highest BCUT2D eigenvalue weighted by Crippen LogP contribution is 2.26. The molecular weight excluding hydrogens is 398 g/mol. The fraction of sp³-hybridized carbons (Fsp3) is 0.474. The third-order valence-corrected chi connectivity index (χ3v) is 7.89. The topological polar surface area (TPSA) is 88.6 Å². The van der Waals surface area contributed by atoms with Crippen LogP contribution >= 0.6 is 11.3 Å². The number of thiazole rings is 1. The Morgan fingerprint density at radius 1 is 1.25 bits per heavy atom. The normalized spacial score (nSPS) is 16.7. The van der Waals surface area contributed by atoms with Gasteiger partial charge in [0.25, 0.3) is 5.91 Å². The summed E-state index contributed by atoms with van der Waals surface area (Å²) in [6, 6.07) is 4.48. The molecule has 0 spiro atoms. The van der Waals surface area contributed by atoms with Gasteiger partial charge in [0.2, 0.25) is 10.0 Å². The summed E-state index contributed by atoms with van der Waals surface area (Å²) in [6.07, 6.45) is 0. The van der Waals surface area contributed by atoms with Gasteiger partial charge in [-0.2, -0.15) is 4.31 Å². The highest BCUT2D eigenvalue weighted by molar-refractivity contribution is 7.89. The maximum atomic E-state index is 12.9. The number of rotatable bonds is 5. The zero-order valence-electron chi connectivity index (χ0n) is 16.5. The van der Waals surface area contributed by atoms with Crippen molar-refractivity contribution in [1.29, 1.82) is 0 Å². The van der Waals surface area contributed by atoms with Crippen LogP contribution in [0.3, 0.4) is 0 Å². The van der Waals surface area contributed by atoms with Crippen molar-refractivity contribution >= 4 is 27.3 Å². The van der Waals surface area contributed by atoms with Crippen LogP contribution in [0.1, 0.15) is 44.5 Å². The minimum atomic E-state index is -3.65. The second-order valence-electron chi connectivity index (χ2n) is 6.87. The Hall–Kier alpha value is -1.81. The van der Waals surface area contributed by atoms with Crippen LogP contribution in [0.15, 0.2) is 23.1 Å². The monoisotopic (exact) mass is 423 g/mol. The maximum absolute atomic E-state index is 12.9. The van der Waals surface area contributed by atoms with Gasteiger partial charge in [-0.25, -0.2) is 13.4 Å². The summed E-state index contributed by atoms with van der Waals surface area (Å²) < 4.78 is 32.4. The van der Waals surface area contributed by atoms with Crippen LogP contribution in [0.4, 0.5) is 0 Å². The van der Waals surface area contributed by atoms with Crippen LogP contribution in [0.2, 0.25) is 0 Å². The van der Waals surface area contributed by atoms with Crippen molar-refractivity contribution in [1.82, 2.24) is 14.6 Å². The number of hydrogen-bond donors (Lipinski definition) is 1. The number of hydrogen-bond acceptors (Lipinski definition) is 6. The number of benzene rings is 1. The lowest BCUT2D eigenvalue weighted by molar-refractivity contribution is 0.0730. The lowest BCUT2D eigenvalue weighted by Crippen LogP contribution is -2.40. The number of carbonyl (C=O) groups is 1. The van der Waals surface area contributed by atoms with Crippen molar-refractivity contribution < 1.29 is 17.9 Å². The first kappa shape index (κ1) is 20.9. The molecule has 3 rings (SSSR count). The molecule has 0 aliphatic carbocycles. The summed E-state index contributed by atoms with van der Waals surface area (Å²) in [5, 5.41) is 3.92. The zero-order valence-corrected chi connectivity index (χ0v) is 18.1. The quantitative estimate of drug-likeness (QED) is 0.799. The Balaban J connectivity index is 1.84. The maximum Gasteiger partial charge on any atom is 0.252 e. The van der Waals surface area contributed by atoms with Crippen LogP contribution in [-0.4, -0.2) is 49.9 Å². The van der Waals surface area contributed by atoms with E-state index in [0.717, 1.165) is 21.1 Å². The Labute approximate surface area is 169 Å². The van der Waals surface area contributed by atoms with Gasteiger partial charge >= 0.3 is 0 Å². The molecule has 1 aromatic heterocycles. The van der Waals surface area contributed by atoms with E-state index in [9.17, 15) is 13.2 Å². The molecule has 0 radical (unpaired) electrons. The van der Waals surface area contributed by atoms with Crippen LogP contribution in [-0.2, 0) is 14.8 Å². The van der Waals surface area contributed by atoms with Crippen molar-refractivity contribution in [2.24, 2.45) is 0 Å². The molecule has 0 unspecified atom stereocenters. The molecule has 0 bridgehead atoms. The van der Waals surface area contributed by atoms with Gasteiger partial charge in [-0.15, -0.1) is 11.3 Å². The van der Waals surface area contributed by atoms with E-state index in [-0.39, 0.29) is 16.8 Å². The van der Waals surface area contributed by atoms with E-state index in [0.29, 0.717) is 31.9 Å². The van der Waals surface area contributed by atoms with E-state index in [1.807, 2.05) is 20.8 Å². The van der Waals surface area contributed by atoms with Gasteiger partial charge in [0.1, 0.15) is 0 Å². The predicted octanol–water partition coefficient (Wildman–Crippen LogP) is 2.58. The average Bonchev–Trinajstić information content (AvgIpc) is 3.00. The first-order valence-corrected chi connectivity index (χ1v) is 11.4. The lowest BCUT2D eigenvalue weighted by atomic mass is 10.1. The number of aromatic nitrogens is 1. The molecule has 1 N–H and O–H groups in total. The molecule has 2 heterocycles. The standard InChI is InChI=1S/C19H25N3O4S2/c1-12-5-6-16(28(24,25)22-7-9-26-10-8-22)11-17(12)19(23)21-14(3)18-13(2)20-15(4)27-18/h5-6,11,14H,7-10H2,1-4H3,(H,21,23)/t14-/m0/s1. The van der Waals surface area contributed by atoms with Gasteiger partial charge in [0, 0.05) is 23.5 Å². The zero-order chi connectivity index (χ0) is 20.5. The number of morpholine rings is 1. The van der Waals surface area contributed by atoms with E-state index in [1.165, 1.54) is 10.4 Å². The van der Waals surface area contributed by atoms with Crippen LogP contribution < -0.4 is 5.32 Å². The first-order valence-electron chi connectivity index (χ1n) is 9.13. The Bertz CT molecular complexity index is 979. The molecule has 1 saturated heterocycles. The molecule has 1 atom stereocenters. The third kappa shape index (κ3) is 4.27. The molecule has 152 valence electrons. The molecular formula is C19H25N3O4S2. The first-order chi connectivity index (χ1) is 13.2. The summed E-state index contributed by atoms with van der Waals surface area (Å²) in [6.45, 7) is 8.95. The fourth-order valence-electron chi connectivity index (χ4n) is 3.23. The Morgan fingerprint density at radius 3 is 2.54 bits per heavy atom. The summed E-state index contributed by atoms with van der Waals surface area (Å²) >= 11 is 1.55. The molecule has 1 aliphatic heterocycles. The van der Waals surface area contributed by atoms with Crippen molar-refractivity contribution in [2.75, 3.05) is 26.3 Å². The number of ether oxygens (including phenoxy) is 1. The molecule has 1 amide bonds. The Kier molecular flexibility index (Phi) is 6.18. The van der Waals surface area contributed by atoms with Gasteiger partial charge in [0.05, 0.1) is 34.9 Å². The number of nitrogens with one attached hydrogen (secondary N) is 1. The van der Waals surface area contributed by atoms with Crippen molar-refractivity contribution in [3.05, 3.63) is 44.9 Å². The summed E-state index contributed by atoms with van der Waals surface area (Å²) in [4.78, 5) is 18.4. The summed E-state index contributed by atoms with van der Waals surface area (Å²) in [5.74, 6) is -0.297. The van der Waals surface area contributed by atoms with Gasteiger partial charge in [-0.05, 0) is 45.4 Å². The van der Waals surface area contributed by atoms with E-state index in [2.05, 4.69) is 10.3 Å². The number of nitrogens with zero attached hydrogens (tertiary/aromatic N) is 2. The second kappa shape index (κ2) is 8.28. The number of amides is 1. The number of aryl methyl sites for hydroxylation is 3. The van der Waals surface area contributed by atoms with Crippen LogP contribution in [0.25, 0.3) is 0 Å². The average molecular weight is 424 g/mol. The molecule has 9 heteroatoms. The minimum absolute atomic E-state index is 0.127. The predicted molar refractivity (Wildman–Crippen MR) is 108 cm³/mol. The van der Waals surface area contributed by atoms with Gasteiger partial charge in [-0.1, -0.05) is 6.07 Å². The van der Waals surface area contributed by atoms with Crippen molar-refractivity contribution in [3.8, 4) is 0 Å². The molecule has 1 fully saturated rings. The van der Waals surface area contributed by atoms with E-state index in [4.69, 9.17) is 4.74 Å². The lowest BCUT2D eigenvalue weighted by Gasteiger charge is -2.26. The van der Waals surface area contributed by atoms with Crippen LogP contribution in [0.5, 0.6) is 0 Å². The smallest absolute Gasteiger partial charge is 0.252 e. The molecule has 1 aliphatic rings. The van der Waals surface area contributed by atoms with Gasteiger partial charge in [-0.3, -0.25) is 4.79 Å². The molecule has 7 nitrogen and oxygen atoms in total. The van der Waals surface area contributed by atoms with E-state index >= 15 is 0 Å². The highest BCUT2D eigenvalue weighted by atomic mass is 32.2. The molecule has 1 aromatic carbocycles. The molecule has 0 saturated carbocycles. The molecule has 2 aromatic rings. The van der Waals surface area contributed by atoms with Crippen molar-refractivity contribution in [3.63, 3.8) is 0 Å². The molecule has 28 heavy (non-hydrogen) atoms.